The lowest BCUT2D eigenvalue weighted by Gasteiger charge is -2.08. The first kappa shape index (κ1) is 14.9. The van der Waals surface area contributed by atoms with E-state index in [1.165, 1.54) is 11.6 Å². The highest BCUT2D eigenvalue weighted by Gasteiger charge is 2.24. The summed E-state index contributed by atoms with van der Waals surface area (Å²) in [6, 6.07) is 3.08. The van der Waals surface area contributed by atoms with E-state index in [-0.39, 0.29) is 29.3 Å². The van der Waals surface area contributed by atoms with Crippen molar-refractivity contribution in [3.8, 4) is 0 Å². The van der Waals surface area contributed by atoms with Gasteiger partial charge in [-0.15, -0.1) is 0 Å². The number of hydrogen-bond donors (Lipinski definition) is 1. The fourth-order valence-electron chi connectivity index (χ4n) is 2.05. The van der Waals surface area contributed by atoms with E-state index in [1.54, 1.807) is 6.92 Å². The average Bonchev–Trinajstić information content (AvgIpc) is 2.75. The zero-order valence-electron chi connectivity index (χ0n) is 11.6. The zero-order chi connectivity index (χ0) is 15.6. The first-order valence-corrected chi connectivity index (χ1v) is 6.33. The Balaban J connectivity index is 2.31. The minimum Gasteiger partial charge on any atom is -0.360 e. The smallest absolute Gasteiger partial charge is 0.333 e. The van der Waals surface area contributed by atoms with Crippen molar-refractivity contribution in [3.05, 3.63) is 51.2 Å². The molecule has 21 heavy (non-hydrogen) atoms. The molecule has 0 fully saturated rings. The predicted octanol–water partition coefficient (Wildman–Crippen LogP) is 3.01. The summed E-state index contributed by atoms with van der Waals surface area (Å²) in [5.41, 5.74) is 0.198. The summed E-state index contributed by atoms with van der Waals surface area (Å²) in [6.07, 6.45) is 0. The van der Waals surface area contributed by atoms with Gasteiger partial charge in [0.15, 0.2) is 0 Å². The zero-order valence-corrected chi connectivity index (χ0v) is 11.6. The lowest BCUT2D eigenvalue weighted by molar-refractivity contribution is -0.384. The fourth-order valence-corrected chi connectivity index (χ4v) is 2.05. The van der Waals surface area contributed by atoms with Gasteiger partial charge in [0.05, 0.1) is 4.92 Å². The van der Waals surface area contributed by atoms with Crippen LogP contribution in [0.15, 0.2) is 18.2 Å². The van der Waals surface area contributed by atoms with Crippen LogP contribution in [-0.4, -0.2) is 14.7 Å². The molecule has 8 heteroatoms. The van der Waals surface area contributed by atoms with Crippen molar-refractivity contribution in [2.75, 3.05) is 5.32 Å². The van der Waals surface area contributed by atoms with Gasteiger partial charge in [-0.25, -0.2) is 13.5 Å². The second-order valence-electron chi connectivity index (χ2n) is 4.44. The number of rotatable bonds is 5. The molecule has 6 nitrogen and oxygen atoms in total. The van der Waals surface area contributed by atoms with Crippen LogP contribution >= 0.6 is 0 Å². The van der Waals surface area contributed by atoms with Gasteiger partial charge in [0.2, 0.25) is 5.82 Å². The average molecular weight is 296 g/mol. The maximum absolute atomic E-state index is 13.6. The Labute approximate surface area is 119 Å². The summed E-state index contributed by atoms with van der Waals surface area (Å²) in [6.45, 7) is 3.65. The number of nitrogens with one attached hydrogen (secondary N) is 1. The molecule has 2 rings (SSSR count). The van der Waals surface area contributed by atoms with Gasteiger partial charge in [-0.05, 0) is 32.0 Å². The lowest BCUT2D eigenvalue weighted by atomic mass is 10.2. The first-order valence-electron chi connectivity index (χ1n) is 6.33. The predicted molar refractivity (Wildman–Crippen MR) is 73.0 cm³/mol. The number of aromatic nitrogens is 2. The first-order chi connectivity index (χ1) is 9.93. The van der Waals surface area contributed by atoms with Gasteiger partial charge in [-0.2, -0.15) is 5.10 Å². The molecule has 0 bridgehead atoms. The molecule has 0 saturated heterocycles. The standard InChI is InChI=1S/C13H14F2N4O2/c1-3-18-13(12(19(20)21)8(2)17-18)16-7-9-6-10(14)4-5-11(9)15/h4-6,16H,3,7H2,1-2H3. The van der Waals surface area contributed by atoms with Crippen LogP contribution in [0.5, 0.6) is 0 Å². The molecule has 1 N–H and O–H groups in total. The van der Waals surface area contributed by atoms with E-state index in [2.05, 4.69) is 10.4 Å². The van der Waals surface area contributed by atoms with Crippen LogP contribution in [0.3, 0.4) is 0 Å². The number of anilines is 1. The molecule has 1 aromatic carbocycles. The van der Waals surface area contributed by atoms with E-state index in [9.17, 15) is 18.9 Å². The highest BCUT2D eigenvalue weighted by molar-refractivity contribution is 5.59. The molecule has 0 aliphatic rings. The molecule has 1 heterocycles. The molecule has 1 aromatic heterocycles. The van der Waals surface area contributed by atoms with Gasteiger partial charge in [0, 0.05) is 18.7 Å². The fraction of sp³-hybridized carbons (Fsp3) is 0.308. The maximum Gasteiger partial charge on any atom is 0.333 e. The Morgan fingerprint density at radius 3 is 2.76 bits per heavy atom. The minimum absolute atomic E-state index is 0.0738. The van der Waals surface area contributed by atoms with Crippen LogP contribution in [0.25, 0.3) is 0 Å². The van der Waals surface area contributed by atoms with Crippen LogP contribution in [-0.2, 0) is 13.1 Å². The minimum atomic E-state index is -0.578. The summed E-state index contributed by atoms with van der Waals surface area (Å²) in [4.78, 5) is 10.5. The number of nitro groups is 1. The number of halogens is 2. The number of nitrogens with zero attached hydrogens (tertiary/aromatic N) is 3. The van der Waals surface area contributed by atoms with Gasteiger partial charge in [-0.1, -0.05) is 0 Å². The highest BCUT2D eigenvalue weighted by atomic mass is 19.1. The van der Waals surface area contributed by atoms with Gasteiger partial charge in [0.1, 0.15) is 17.3 Å². The van der Waals surface area contributed by atoms with Crippen LogP contribution < -0.4 is 5.32 Å². The van der Waals surface area contributed by atoms with Gasteiger partial charge < -0.3 is 5.32 Å². The molecule has 0 aliphatic heterocycles. The van der Waals surface area contributed by atoms with E-state index < -0.39 is 16.6 Å². The van der Waals surface area contributed by atoms with Crippen molar-refractivity contribution in [2.45, 2.75) is 26.9 Å². The summed E-state index contributed by atoms with van der Waals surface area (Å²) in [5, 5.41) is 17.9. The van der Waals surface area contributed by atoms with Gasteiger partial charge in [0.25, 0.3) is 0 Å². The summed E-state index contributed by atoms with van der Waals surface area (Å²) in [5.74, 6) is -0.961. The van der Waals surface area contributed by atoms with Gasteiger partial charge >= 0.3 is 5.69 Å². The molecule has 0 aliphatic carbocycles. The second-order valence-corrected chi connectivity index (χ2v) is 4.44. The molecule has 2 aromatic rings. The third-order valence-corrected chi connectivity index (χ3v) is 3.03. The molecule has 0 amide bonds. The van der Waals surface area contributed by atoms with E-state index in [4.69, 9.17) is 0 Å². The molecular weight excluding hydrogens is 282 g/mol. The van der Waals surface area contributed by atoms with E-state index in [0.717, 1.165) is 18.2 Å². The normalized spacial score (nSPS) is 10.7. The van der Waals surface area contributed by atoms with Crippen molar-refractivity contribution >= 4 is 11.5 Å². The van der Waals surface area contributed by atoms with Crippen molar-refractivity contribution in [1.82, 2.24) is 9.78 Å². The molecule has 0 radical (unpaired) electrons. The van der Waals surface area contributed by atoms with Crippen LogP contribution in [0.4, 0.5) is 20.3 Å². The molecule has 0 unspecified atom stereocenters. The SMILES string of the molecule is CCn1nc(C)c([N+](=O)[O-])c1NCc1cc(F)ccc1F. The molecular formula is C13H14F2N4O2. The Morgan fingerprint density at radius 1 is 1.43 bits per heavy atom. The van der Waals surface area contributed by atoms with Crippen molar-refractivity contribution in [1.29, 1.82) is 0 Å². The maximum atomic E-state index is 13.6. The number of benzene rings is 1. The van der Waals surface area contributed by atoms with Gasteiger partial charge in [-0.3, -0.25) is 10.1 Å². The Bertz CT molecular complexity index is 685. The summed E-state index contributed by atoms with van der Waals surface area (Å²) < 4.78 is 28.1. The Hall–Kier alpha value is -2.51. The third-order valence-electron chi connectivity index (χ3n) is 3.03. The lowest BCUT2D eigenvalue weighted by Crippen LogP contribution is -2.09. The highest BCUT2D eigenvalue weighted by Crippen LogP contribution is 2.28. The summed E-state index contributed by atoms with van der Waals surface area (Å²) >= 11 is 0. The number of hydrogen-bond acceptors (Lipinski definition) is 4. The summed E-state index contributed by atoms with van der Waals surface area (Å²) in [7, 11) is 0. The molecule has 0 atom stereocenters. The van der Waals surface area contributed by atoms with E-state index in [0.29, 0.717) is 6.54 Å². The largest absolute Gasteiger partial charge is 0.360 e. The van der Waals surface area contributed by atoms with E-state index in [1.807, 2.05) is 0 Å². The second kappa shape index (κ2) is 5.86. The molecule has 0 spiro atoms. The van der Waals surface area contributed by atoms with Crippen LogP contribution in [0.1, 0.15) is 18.2 Å². The van der Waals surface area contributed by atoms with Crippen LogP contribution in [0, 0.1) is 28.7 Å². The Kier molecular flexibility index (Phi) is 4.15. The Morgan fingerprint density at radius 2 is 2.14 bits per heavy atom. The monoisotopic (exact) mass is 296 g/mol. The molecule has 0 saturated carbocycles. The van der Waals surface area contributed by atoms with Crippen molar-refractivity contribution in [3.63, 3.8) is 0 Å². The van der Waals surface area contributed by atoms with Crippen molar-refractivity contribution < 1.29 is 13.7 Å². The number of aryl methyl sites for hydroxylation is 2. The van der Waals surface area contributed by atoms with E-state index >= 15 is 0 Å². The quantitative estimate of drug-likeness (QED) is 0.680. The topological polar surface area (TPSA) is 73.0 Å². The van der Waals surface area contributed by atoms with Crippen LogP contribution in [0.2, 0.25) is 0 Å². The third kappa shape index (κ3) is 2.99. The molecule has 112 valence electrons. The van der Waals surface area contributed by atoms with Crippen molar-refractivity contribution in [2.24, 2.45) is 0 Å².